The van der Waals surface area contributed by atoms with E-state index in [1.165, 1.54) is 0 Å². The van der Waals surface area contributed by atoms with Gasteiger partial charge < -0.3 is 14.8 Å². The van der Waals surface area contributed by atoms with Crippen molar-refractivity contribution in [2.45, 2.75) is 6.92 Å². The number of H-pyrrole nitrogens is 1. The molecule has 0 radical (unpaired) electrons. The minimum atomic E-state index is -0.973. The summed E-state index contributed by atoms with van der Waals surface area (Å²) in [6.45, 7) is 2.42. The lowest BCUT2D eigenvalue weighted by atomic mass is 10.1. The lowest BCUT2D eigenvalue weighted by molar-refractivity contribution is 0.0695. The standard InChI is InChI=1S/C19H15N3O3/c1-11-13(19(23)24)3-2-4-16(11)25-17-6-8-21-18-14(17)9-15(22-18)12-5-7-20-10-12/h2-6,8-10H,7H2,1H3,(H,21,22)(H,23,24). The van der Waals surface area contributed by atoms with Gasteiger partial charge in [0.1, 0.15) is 17.1 Å². The van der Waals surface area contributed by atoms with Crippen LogP contribution in [0.15, 0.2) is 47.6 Å². The van der Waals surface area contributed by atoms with Crippen molar-refractivity contribution < 1.29 is 14.6 Å². The fourth-order valence-corrected chi connectivity index (χ4v) is 2.86. The number of nitrogens with one attached hydrogen (secondary N) is 1. The Balaban J connectivity index is 1.76. The molecule has 6 nitrogen and oxygen atoms in total. The third-order valence-corrected chi connectivity index (χ3v) is 4.18. The summed E-state index contributed by atoms with van der Waals surface area (Å²) < 4.78 is 6.01. The number of aromatic nitrogens is 2. The van der Waals surface area contributed by atoms with Gasteiger partial charge in [0, 0.05) is 29.2 Å². The van der Waals surface area contributed by atoms with Crippen molar-refractivity contribution in [2.24, 2.45) is 4.99 Å². The second-order valence-electron chi connectivity index (χ2n) is 5.74. The highest BCUT2D eigenvalue weighted by atomic mass is 16.5. The van der Waals surface area contributed by atoms with Gasteiger partial charge in [-0.1, -0.05) is 12.1 Å². The Morgan fingerprint density at radius 3 is 2.92 bits per heavy atom. The maximum Gasteiger partial charge on any atom is 0.336 e. The molecule has 2 aromatic heterocycles. The van der Waals surface area contributed by atoms with Crippen molar-refractivity contribution in [3.05, 3.63) is 59.4 Å². The van der Waals surface area contributed by atoms with Crippen LogP contribution in [0, 0.1) is 6.92 Å². The molecule has 0 saturated carbocycles. The Morgan fingerprint density at radius 1 is 1.28 bits per heavy atom. The average Bonchev–Trinajstić information content (AvgIpc) is 3.25. The highest BCUT2D eigenvalue weighted by Crippen LogP contribution is 2.33. The number of carbonyl (C=O) groups is 1. The Bertz CT molecular complexity index is 1050. The number of pyridine rings is 1. The predicted octanol–water partition coefficient (Wildman–Crippen LogP) is 3.83. The maximum atomic E-state index is 11.3. The van der Waals surface area contributed by atoms with Crippen molar-refractivity contribution in [1.29, 1.82) is 0 Å². The van der Waals surface area contributed by atoms with Gasteiger partial charge in [-0.05, 0) is 31.2 Å². The van der Waals surface area contributed by atoms with Gasteiger partial charge in [-0.3, -0.25) is 4.99 Å². The smallest absolute Gasteiger partial charge is 0.336 e. The Kier molecular flexibility index (Phi) is 3.57. The topological polar surface area (TPSA) is 87.6 Å². The van der Waals surface area contributed by atoms with Gasteiger partial charge in [-0.2, -0.15) is 0 Å². The third kappa shape index (κ3) is 2.67. The van der Waals surface area contributed by atoms with E-state index in [0.29, 0.717) is 29.3 Å². The van der Waals surface area contributed by atoms with Gasteiger partial charge in [-0.25, -0.2) is 9.78 Å². The van der Waals surface area contributed by atoms with E-state index in [2.05, 4.69) is 15.0 Å². The molecule has 124 valence electrons. The monoisotopic (exact) mass is 333 g/mol. The number of aromatic amines is 1. The number of carboxylic acid groups (broad SMARTS) is 1. The van der Waals surface area contributed by atoms with Crippen LogP contribution in [0.2, 0.25) is 0 Å². The third-order valence-electron chi connectivity index (χ3n) is 4.18. The molecule has 0 unspecified atom stereocenters. The summed E-state index contributed by atoms with van der Waals surface area (Å²) in [4.78, 5) is 23.1. The number of aliphatic imine (C=N–C) groups is 1. The summed E-state index contributed by atoms with van der Waals surface area (Å²) in [6, 6.07) is 8.73. The van der Waals surface area contributed by atoms with E-state index in [1.807, 2.05) is 18.4 Å². The van der Waals surface area contributed by atoms with Gasteiger partial charge in [0.15, 0.2) is 0 Å². The zero-order chi connectivity index (χ0) is 17.4. The summed E-state index contributed by atoms with van der Waals surface area (Å²) in [5, 5.41) is 10.1. The summed E-state index contributed by atoms with van der Waals surface area (Å²) in [7, 11) is 0. The molecule has 0 aliphatic carbocycles. The number of allylic oxidation sites excluding steroid dienone is 1. The minimum absolute atomic E-state index is 0.227. The molecule has 1 aliphatic rings. The van der Waals surface area contributed by atoms with E-state index in [4.69, 9.17) is 4.74 Å². The van der Waals surface area contributed by atoms with E-state index in [1.54, 1.807) is 37.4 Å². The molecule has 0 atom stereocenters. The number of rotatable bonds is 4. The molecule has 6 heteroatoms. The number of benzene rings is 1. The molecule has 0 saturated heterocycles. The number of aromatic carboxylic acids is 1. The number of hydrogen-bond donors (Lipinski definition) is 2. The van der Waals surface area contributed by atoms with Gasteiger partial charge in [-0.15, -0.1) is 0 Å². The zero-order valence-corrected chi connectivity index (χ0v) is 13.5. The lowest BCUT2D eigenvalue weighted by Gasteiger charge is -2.11. The highest BCUT2D eigenvalue weighted by Gasteiger charge is 2.15. The number of nitrogens with zero attached hydrogens (tertiary/aromatic N) is 2. The molecule has 0 amide bonds. The molecule has 1 aromatic carbocycles. The molecule has 3 aromatic rings. The molecule has 1 aliphatic heterocycles. The molecular weight excluding hydrogens is 318 g/mol. The summed E-state index contributed by atoms with van der Waals surface area (Å²) in [5.74, 6) is 0.157. The molecule has 2 N–H and O–H groups in total. The van der Waals surface area contributed by atoms with E-state index in [-0.39, 0.29) is 5.56 Å². The summed E-state index contributed by atoms with van der Waals surface area (Å²) in [5.41, 5.74) is 3.47. The van der Waals surface area contributed by atoms with Crippen LogP contribution >= 0.6 is 0 Å². The molecule has 3 heterocycles. The van der Waals surface area contributed by atoms with Crippen molar-refractivity contribution in [2.75, 3.05) is 6.54 Å². The molecular formula is C19H15N3O3. The van der Waals surface area contributed by atoms with Crippen LogP contribution in [0.1, 0.15) is 21.6 Å². The average molecular weight is 333 g/mol. The SMILES string of the molecule is Cc1c(Oc2ccnc3[nH]c(C4=CCN=C4)cc23)cccc1C(=O)O. The van der Waals surface area contributed by atoms with Crippen molar-refractivity contribution in [3.8, 4) is 11.5 Å². The summed E-state index contributed by atoms with van der Waals surface area (Å²) >= 11 is 0. The first-order valence-electron chi connectivity index (χ1n) is 7.82. The molecule has 0 bridgehead atoms. The van der Waals surface area contributed by atoms with Gasteiger partial charge >= 0.3 is 5.97 Å². The minimum Gasteiger partial charge on any atom is -0.478 e. The maximum absolute atomic E-state index is 11.3. The zero-order valence-electron chi connectivity index (χ0n) is 13.5. The van der Waals surface area contributed by atoms with Crippen LogP contribution in [0.25, 0.3) is 16.6 Å². The van der Waals surface area contributed by atoms with E-state index in [0.717, 1.165) is 16.7 Å². The van der Waals surface area contributed by atoms with Gasteiger partial charge in [0.05, 0.1) is 17.5 Å². The first kappa shape index (κ1) is 15.1. The van der Waals surface area contributed by atoms with Crippen LogP contribution < -0.4 is 4.74 Å². The number of fused-ring (bicyclic) bond motifs is 1. The first-order chi connectivity index (χ1) is 12.1. The van der Waals surface area contributed by atoms with Crippen LogP contribution in [-0.4, -0.2) is 33.8 Å². The number of carboxylic acids is 1. The Morgan fingerprint density at radius 2 is 2.16 bits per heavy atom. The van der Waals surface area contributed by atoms with Crippen LogP contribution in [0.3, 0.4) is 0 Å². The van der Waals surface area contributed by atoms with Crippen LogP contribution in [-0.2, 0) is 0 Å². The molecule has 0 fully saturated rings. The normalized spacial score (nSPS) is 13.2. The predicted molar refractivity (Wildman–Crippen MR) is 95.6 cm³/mol. The first-order valence-corrected chi connectivity index (χ1v) is 7.82. The fourth-order valence-electron chi connectivity index (χ4n) is 2.86. The van der Waals surface area contributed by atoms with Crippen molar-refractivity contribution >= 4 is 28.8 Å². The van der Waals surface area contributed by atoms with Gasteiger partial charge in [0.2, 0.25) is 0 Å². The van der Waals surface area contributed by atoms with E-state index in [9.17, 15) is 9.90 Å². The molecule has 4 rings (SSSR count). The van der Waals surface area contributed by atoms with Gasteiger partial charge in [0.25, 0.3) is 0 Å². The van der Waals surface area contributed by atoms with Crippen LogP contribution in [0.4, 0.5) is 0 Å². The quantitative estimate of drug-likeness (QED) is 0.759. The Hall–Kier alpha value is -3.41. The van der Waals surface area contributed by atoms with Crippen LogP contribution in [0.5, 0.6) is 11.5 Å². The van der Waals surface area contributed by atoms with E-state index >= 15 is 0 Å². The largest absolute Gasteiger partial charge is 0.478 e. The Labute approximate surface area is 143 Å². The van der Waals surface area contributed by atoms with Crippen molar-refractivity contribution in [3.63, 3.8) is 0 Å². The van der Waals surface area contributed by atoms with Crippen molar-refractivity contribution in [1.82, 2.24) is 9.97 Å². The number of hydrogen-bond acceptors (Lipinski definition) is 4. The fraction of sp³-hybridized carbons (Fsp3) is 0.105. The second kappa shape index (κ2) is 5.90. The number of ether oxygens (including phenoxy) is 1. The highest BCUT2D eigenvalue weighted by molar-refractivity contribution is 6.12. The summed E-state index contributed by atoms with van der Waals surface area (Å²) in [6.07, 6.45) is 5.52. The molecule has 0 spiro atoms. The molecule has 25 heavy (non-hydrogen) atoms. The lowest BCUT2D eigenvalue weighted by Crippen LogP contribution is -2.01. The van der Waals surface area contributed by atoms with E-state index < -0.39 is 5.97 Å². The second-order valence-corrected chi connectivity index (χ2v) is 5.74.